The van der Waals surface area contributed by atoms with E-state index in [4.69, 9.17) is 0 Å². The number of unbranched alkanes of at least 4 members (excludes halogenated alkanes) is 2. The Kier molecular flexibility index (Phi) is 10.1. The van der Waals surface area contributed by atoms with E-state index in [9.17, 15) is 0 Å². The van der Waals surface area contributed by atoms with Crippen LogP contribution in [0, 0.1) is 0 Å². The Bertz CT molecular complexity index is 159. The minimum absolute atomic E-state index is 1.21. The third-order valence-electron chi connectivity index (χ3n) is 2.21. The minimum atomic E-state index is 1.21. The molecule has 82 valence electrons. The molecule has 1 nitrogen and oxygen atoms in total. The Morgan fingerprint density at radius 3 is 2.50 bits per heavy atom. The summed E-state index contributed by atoms with van der Waals surface area (Å²) in [5.74, 6) is 0. The molecular weight excluding hydrogens is 170 g/mol. The second kappa shape index (κ2) is 10.5. The van der Waals surface area contributed by atoms with Gasteiger partial charge in [0.15, 0.2) is 0 Å². The molecule has 14 heavy (non-hydrogen) atoms. The molecule has 1 heteroatoms. The van der Waals surface area contributed by atoms with Crippen molar-refractivity contribution in [2.45, 2.75) is 39.5 Å². The molecule has 0 unspecified atom stereocenters. The Morgan fingerprint density at radius 1 is 1.07 bits per heavy atom. The lowest BCUT2D eigenvalue weighted by atomic mass is 10.2. The molecule has 0 bridgehead atoms. The molecule has 0 heterocycles. The van der Waals surface area contributed by atoms with E-state index in [1.165, 1.54) is 38.8 Å². The predicted molar refractivity (Wildman–Crippen MR) is 65.6 cm³/mol. The van der Waals surface area contributed by atoms with Crippen LogP contribution in [0.4, 0.5) is 0 Å². The first-order valence-electron chi connectivity index (χ1n) is 5.77. The van der Waals surface area contributed by atoms with Crippen molar-refractivity contribution >= 4 is 0 Å². The largest absolute Gasteiger partial charge is 0.306 e. The van der Waals surface area contributed by atoms with Crippen LogP contribution in [0.2, 0.25) is 0 Å². The second-order valence-corrected chi connectivity index (χ2v) is 3.75. The van der Waals surface area contributed by atoms with Gasteiger partial charge in [-0.2, -0.15) is 0 Å². The highest BCUT2D eigenvalue weighted by Crippen LogP contribution is 1.99. The molecule has 0 aliphatic heterocycles. The van der Waals surface area contributed by atoms with Crippen LogP contribution in [0.15, 0.2) is 24.3 Å². The predicted octanol–water partition coefficient (Wildman–Crippen LogP) is 3.63. The smallest absolute Gasteiger partial charge is 0.00217 e. The highest BCUT2D eigenvalue weighted by Gasteiger charge is 1.94. The van der Waals surface area contributed by atoms with Gasteiger partial charge in [0.1, 0.15) is 0 Å². The topological polar surface area (TPSA) is 3.24 Å². The maximum Gasteiger partial charge on any atom is -0.00217 e. The maximum absolute atomic E-state index is 2.41. The summed E-state index contributed by atoms with van der Waals surface area (Å²) in [5, 5.41) is 0. The summed E-state index contributed by atoms with van der Waals surface area (Å²) < 4.78 is 0. The van der Waals surface area contributed by atoms with Crippen molar-refractivity contribution in [3.63, 3.8) is 0 Å². The number of nitrogens with zero attached hydrogens (tertiary/aromatic N) is 1. The van der Waals surface area contributed by atoms with Gasteiger partial charge in [-0.3, -0.25) is 0 Å². The molecule has 0 atom stereocenters. The fourth-order valence-corrected chi connectivity index (χ4v) is 1.42. The molecule has 0 aromatic rings. The van der Waals surface area contributed by atoms with E-state index in [1.54, 1.807) is 0 Å². The molecule has 0 radical (unpaired) electrons. The Balaban J connectivity index is 3.20. The highest BCUT2D eigenvalue weighted by molar-refractivity contribution is 5.00. The first kappa shape index (κ1) is 13.4. The highest BCUT2D eigenvalue weighted by atomic mass is 15.1. The summed E-state index contributed by atoms with van der Waals surface area (Å²) in [4.78, 5) is 2.41. The maximum atomic E-state index is 2.41. The van der Waals surface area contributed by atoms with Crippen LogP contribution < -0.4 is 0 Å². The lowest BCUT2D eigenvalue weighted by molar-refractivity contribution is 0.327. The Hall–Kier alpha value is -0.560. The minimum Gasteiger partial charge on any atom is -0.306 e. The zero-order valence-electron chi connectivity index (χ0n) is 10.00. The van der Waals surface area contributed by atoms with Gasteiger partial charge in [-0.1, -0.05) is 31.2 Å². The van der Waals surface area contributed by atoms with Gasteiger partial charge in [0.2, 0.25) is 0 Å². The summed E-state index contributed by atoms with van der Waals surface area (Å²) >= 11 is 0. The van der Waals surface area contributed by atoms with Crippen LogP contribution in [-0.4, -0.2) is 25.0 Å². The van der Waals surface area contributed by atoms with Crippen LogP contribution in [0.3, 0.4) is 0 Å². The van der Waals surface area contributed by atoms with Gasteiger partial charge in [0.05, 0.1) is 0 Å². The van der Waals surface area contributed by atoms with E-state index in [0.717, 1.165) is 0 Å². The molecule has 0 saturated carbocycles. The molecular formula is C13H25N. The van der Waals surface area contributed by atoms with E-state index in [1.807, 2.05) is 6.92 Å². The molecule has 0 fully saturated rings. The van der Waals surface area contributed by atoms with Crippen LogP contribution in [0.5, 0.6) is 0 Å². The number of hydrogen-bond acceptors (Lipinski definition) is 1. The van der Waals surface area contributed by atoms with Crippen LogP contribution in [0.1, 0.15) is 39.5 Å². The van der Waals surface area contributed by atoms with E-state index < -0.39 is 0 Å². The molecule has 0 aromatic carbocycles. The fourth-order valence-electron chi connectivity index (χ4n) is 1.42. The first-order chi connectivity index (χ1) is 6.81. The third-order valence-corrected chi connectivity index (χ3v) is 2.21. The summed E-state index contributed by atoms with van der Waals surface area (Å²) in [5.41, 5.74) is 0. The van der Waals surface area contributed by atoms with Crippen molar-refractivity contribution in [1.29, 1.82) is 0 Å². The third kappa shape index (κ3) is 9.53. The first-order valence-corrected chi connectivity index (χ1v) is 5.77. The molecule has 0 amide bonds. The fraction of sp³-hybridized carbons (Fsp3) is 0.692. The summed E-state index contributed by atoms with van der Waals surface area (Å²) in [6.45, 7) is 6.75. The van der Waals surface area contributed by atoms with Gasteiger partial charge < -0.3 is 4.90 Å². The van der Waals surface area contributed by atoms with Gasteiger partial charge in [-0.25, -0.2) is 0 Å². The zero-order valence-corrected chi connectivity index (χ0v) is 10.00. The van der Waals surface area contributed by atoms with E-state index in [2.05, 4.69) is 43.2 Å². The van der Waals surface area contributed by atoms with Crippen LogP contribution >= 0.6 is 0 Å². The number of hydrogen-bond donors (Lipinski definition) is 0. The molecule has 0 aromatic heterocycles. The lowest BCUT2D eigenvalue weighted by Gasteiger charge is -2.14. The van der Waals surface area contributed by atoms with E-state index in [0.29, 0.717) is 0 Å². The van der Waals surface area contributed by atoms with Crippen molar-refractivity contribution < 1.29 is 0 Å². The number of allylic oxidation sites excluding steroid dienone is 4. The summed E-state index contributed by atoms with van der Waals surface area (Å²) in [7, 11) is 2.21. The number of rotatable bonds is 8. The SMILES string of the molecule is C/C=C\C=C/CCCCN(C)CCC. The van der Waals surface area contributed by atoms with Crippen molar-refractivity contribution in [2.75, 3.05) is 20.1 Å². The molecule has 0 N–H and O–H groups in total. The van der Waals surface area contributed by atoms with Gasteiger partial charge in [-0.15, -0.1) is 0 Å². The monoisotopic (exact) mass is 195 g/mol. The molecule has 0 rings (SSSR count). The van der Waals surface area contributed by atoms with Crippen molar-refractivity contribution in [3.8, 4) is 0 Å². The lowest BCUT2D eigenvalue weighted by Crippen LogP contribution is -2.20. The molecule has 0 aliphatic carbocycles. The van der Waals surface area contributed by atoms with Crippen LogP contribution in [0.25, 0.3) is 0 Å². The van der Waals surface area contributed by atoms with Crippen molar-refractivity contribution in [3.05, 3.63) is 24.3 Å². The Morgan fingerprint density at radius 2 is 1.86 bits per heavy atom. The second-order valence-electron chi connectivity index (χ2n) is 3.75. The van der Waals surface area contributed by atoms with Crippen molar-refractivity contribution in [2.24, 2.45) is 0 Å². The zero-order chi connectivity index (χ0) is 10.6. The van der Waals surface area contributed by atoms with Gasteiger partial charge in [0, 0.05) is 0 Å². The summed E-state index contributed by atoms with van der Waals surface area (Å²) in [6.07, 6.45) is 13.6. The average Bonchev–Trinajstić information content (AvgIpc) is 2.17. The van der Waals surface area contributed by atoms with Gasteiger partial charge in [0.25, 0.3) is 0 Å². The quantitative estimate of drug-likeness (QED) is 0.422. The van der Waals surface area contributed by atoms with Gasteiger partial charge in [-0.05, 0) is 52.7 Å². The van der Waals surface area contributed by atoms with Crippen molar-refractivity contribution in [1.82, 2.24) is 4.90 Å². The Labute approximate surface area is 89.5 Å². The normalized spacial score (nSPS) is 12.3. The van der Waals surface area contributed by atoms with E-state index in [-0.39, 0.29) is 0 Å². The molecule has 0 aliphatic rings. The van der Waals surface area contributed by atoms with Gasteiger partial charge >= 0.3 is 0 Å². The summed E-state index contributed by atoms with van der Waals surface area (Å²) in [6, 6.07) is 0. The molecule has 0 saturated heterocycles. The average molecular weight is 195 g/mol. The van der Waals surface area contributed by atoms with Crippen LogP contribution in [-0.2, 0) is 0 Å². The van der Waals surface area contributed by atoms with E-state index >= 15 is 0 Å². The molecule has 0 spiro atoms. The standard InChI is InChI=1S/C13H25N/c1-4-6-7-8-9-10-11-13-14(3)12-5-2/h4,6-8H,5,9-13H2,1-3H3/b6-4-,8-7-.